The van der Waals surface area contributed by atoms with E-state index >= 15 is 0 Å². The van der Waals surface area contributed by atoms with Crippen molar-refractivity contribution in [1.29, 1.82) is 0 Å². The number of fused-ring (bicyclic) bond motifs is 2. The zero-order valence-electron chi connectivity index (χ0n) is 23.3. The van der Waals surface area contributed by atoms with Gasteiger partial charge in [-0.3, -0.25) is 14.2 Å². The van der Waals surface area contributed by atoms with E-state index in [0.29, 0.717) is 12.1 Å². The van der Waals surface area contributed by atoms with E-state index in [1.165, 1.54) is 35.7 Å². The number of nitrogens with zero attached hydrogens (tertiary/aromatic N) is 6. The van der Waals surface area contributed by atoms with Crippen molar-refractivity contribution in [2.75, 3.05) is 5.73 Å². The van der Waals surface area contributed by atoms with Gasteiger partial charge in [0.25, 0.3) is 0 Å². The summed E-state index contributed by atoms with van der Waals surface area (Å²) in [6, 6.07) is 18.2. The number of anilines is 1. The Labute approximate surface area is 246 Å². The van der Waals surface area contributed by atoms with Crippen molar-refractivity contribution < 1.29 is 14.7 Å². The lowest BCUT2D eigenvalue weighted by molar-refractivity contribution is 0.1000. The summed E-state index contributed by atoms with van der Waals surface area (Å²) < 4.78 is 3.87. The third kappa shape index (κ3) is 5.31. The molecule has 0 aliphatic heterocycles. The highest BCUT2D eigenvalue weighted by molar-refractivity contribution is 5.95. The van der Waals surface area contributed by atoms with Gasteiger partial charge in [0.15, 0.2) is 23.6 Å². The number of aldehydes is 1. The normalized spacial score (nSPS) is 12.0. The van der Waals surface area contributed by atoms with Gasteiger partial charge in [-0.15, -0.1) is 0 Å². The van der Waals surface area contributed by atoms with E-state index in [0.717, 1.165) is 52.5 Å². The Morgan fingerprint density at radius 1 is 1.02 bits per heavy atom. The summed E-state index contributed by atoms with van der Waals surface area (Å²) in [5, 5.41) is 13.4. The fourth-order valence-electron chi connectivity index (χ4n) is 5.14. The summed E-state index contributed by atoms with van der Waals surface area (Å²) in [5.41, 5.74) is 18.7. The van der Waals surface area contributed by atoms with Crippen LogP contribution in [0.15, 0.2) is 79.3 Å². The van der Waals surface area contributed by atoms with E-state index < -0.39 is 5.91 Å². The van der Waals surface area contributed by atoms with Crippen LogP contribution in [0.2, 0.25) is 0 Å². The molecule has 0 fully saturated rings. The van der Waals surface area contributed by atoms with Crippen molar-refractivity contribution in [3.05, 3.63) is 107 Å². The molecular weight excluding hydrogens is 544 g/mol. The van der Waals surface area contributed by atoms with Crippen molar-refractivity contribution >= 4 is 29.2 Å². The zero-order chi connectivity index (χ0) is 30.1. The number of phenolic OH excluding ortho intramolecular Hbond substituents is 1. The Bertz CT molecular complexity index is 2010. The van der Waals surface area contributed by atoms with Crippen molar-refractivity contribution in [2.24, 2.45) is 5.73 Å². The SMILES string of the molecule is Cc1cnn(-c2ccc3nc(-c4cccnc4N)n(-c4ccc5c(c4)CCC5)c3n2)c1.NC(=O)c1ccc(O)c(C=O)c1. The first-order chi connectivity index (χ1) is 20.8. The molecule has 0 saturated carbocycles. The molecule has 0 atom stereocenters. The lowest BCUT2D eigenvalue weighted by atomic mass is 10.1. The summed E-state index contributed by atoms with van der Waals surface area (Å²) in [4.78, 5) is 35.0. The van der Waals surface area contributed by atoms with Crippen LogP contribution < -0.4 is 11.5 Å². The number of nitrogens with two attached hydrogens (primary N) is 2. The van der Waals surface area contributed by atoms with E-state index in [1.54, 1.807) is 10.9 Å². The third-order valence-corrected chi connectivity index (χ3v) is 7.29. The van der Waals surface area contributed by atoms with Crippen LogP contribution in [0.5, 0.6) is 5.75 Å². The van der Waals surface area contributed by atoms with Gasteiger partial charge in [0, 0.05) is 23.6 Å². The molecule has 0 radical (unpaired) electrons. The van der Waals surface area contributed by atoms with Gasteiger partial charge in [-0.25, -0.2) is 19.6 Å². The average molecular weight is 573 g/mol. The molecule has 0 spiro atoms. The topological polar surface area (TPSA) is 168 Å². The molecule has 0 bridgehead atoms. The highest BCUT2D eigenvalue weighted by Gasteiger charge is 2.20. The van der Waals surface area contributed by atoms with Crippen LogP contribution in [-0.2, 0) is 12.8 Å². The molecule has 4 aromatic heterocycles. The first kappa shape index (κ1) is 27.3. The number of phenols is 1. The van der Waals surface area contributed by atoms with E-state index in [1.807, 2.05) is 43.6 Å². The number of primary amides is 1. The minimum absolute atomic E-state index is 0.0614. The molecule has 0 saturated heterocycles. The Morgan fingerprint density at radius 3 is 2.60 bits per heavy atom. The number of carbonyl (C=O) groups is 2. The van der Waals surface area contributed by atoms with Crippen molar-refractivity contribution in [2.45, 2.75) is 26.2 Å². The Balaban J connectivity index is 0.000000232. The fourth-order valence-corrected chi connectivity index (χ4v) is 5.14. The van der Waals surface area contributed by atoms with Crippen LogP contribution >= 0.6 is 0 Å². The quantitative estimate of drug-likeness (QED) is 0.256. The van der Waals surface area contributed by atoms with E-state index in [9.17, 15) is 9.59 Å². The summed E-state index contributed by atoms with van der Waals surface area (Å²) in [6.07, 6.45) is 9.39. The second-order valence-electron chi connectivity index (χ2n) is 10.2. The molecule has 1 aliphatic carbocycles. The van der Waals surface area contributed by atoms with E-state index in [-0.39, 0.29) is 16.9 Å². The van der Waals surface area contributed by atoms with Crippen molar-refractivity contribution in [3.8, 4) is 28.6 Å². The van der Waals surface area contributed by atoms with Crippen LogP contribution in [-0.4, -0.2) is 46.6 Å². The number of hydrogen-bond donors (Lipinski definition) is 3. The maximum absolute atomic E-state index is 10.6. The third-order valence-electron chi connectivity index (χ3n) is 7.29. The number of aromatic hydroxyl groups is 1. The summed E-state index contributed by atoms with van der Waals surface area (Å²) in [6.45, 7) is 2.01. The van der Waals surface area contributed by atoms with Crippen LogP contribution in [0.25, 0.3) is 34.1 Å². The lowest BCUT2D eigenvalue weighted by Crippen LogP contribution is -2.10. The molecule has 43 heavy (non-hydrogen) atoms. The Morgan fingerprint density at radius 2 is 1.86 bits per heavy atom. The van der Waals surface area contributed by atoms with Gasteiger partial charge in [-0.2, -0.15) is 5.10 Å². The molecular formula is C32H28N8O3. The number of pyridine rings is 2. The molecule has 0 unspecified atom stereocenters. The largest absolute Gasteiger partial charge is 0.507 e. The minimum Gasteiger partial charge on any atom is -0.507 e. The number of carbonyl (C=O) groups excluding carboxylic acids is 2. The Hall–Kier alpha value is -5.84. The molecule has 11 nitrogen and oxygen atoms in total. The van der Waals surface area contributed by atoms with Crippen LogP contribution in [0.4, 0.5) is 5.82 Å². The van der Waals surface area contributed by atoms with Gasteiger partial charge in [-0.1, -0.05) is 6.07 Å². The van der Waals surface area contributed by atoms with Gasteiger partial charge < -0.3 is 16.6 Å². The first-order valence-corrected chi connectivity index (χ1v) is 13.6. The molecule has 6 aromatic rings. The summed E-state index contributed by atoms with van der Waals surface area (Å²) >= 11 is 0. The van der Waals surface area contributed by atoms with Crippen LogP contribution in [0.3, 0.4) is 0 Å². The van der Waals surface area contributed by atoms with Crippen molar-refractivity contribution in [3.63, 3.8) is 0 Å². The highest BCUT2D eigenvalue weighted by atomic mass is 16.3. The molecule has 4 heterocycles. The molecule has 1 amide bonds. The fraction of sp³-hybridized carbons (Fsp3) is 0.125. The summed E-state index contributed by atoms with van der Waals surface area (Å²) in [5.74, 6) is 1.14. The standard InChI is InChI=1S/C24H21N7.C8H7NO3/c1-15-13-27-30(14-15)21-10-9-20-24(29-21)31(18-8-7-16-4-2-5-17(16)12-18)23(28-20)19-6-3-11-26-22(19)25;9-8(12)5-1-2-7(11)6(3-5)4-10/h3,6-14H,2,4-5H2,1H3,(H2,25,26);1-4,11H,(H2,9,12). The molecule has 214 valence electrons. The minimum atomic E-state index is -0.627. The van der Waals surface area contributed by atoms with Gasteiger partial charge in [0.2, 0.25) is 5.91 Å². The number of benzene rings is 2. The molecule has 2 aromatic carbocycles. The maximum atomic E-state index is 10.6. The van der Waals surface area contributed by atoms with E-state index in [4.69, 9.17) is 26.5 Å². The number of aryl methyl sites for hydroxylation is 3. The second-order valence-corrected chi connectivity index (χ2v) is 10.2. The number of rotatable bonds is 5. The van der Waals surface area contributed by atoms with Gasteiger partial charge in [0.1, 0.15) is 17.1 Å². The predicted octanol–water partition coefficient (Wildman–Crippen LogP) is 4.35. The monoisotopic (exact) mass is 572 g/mol. The molecule has 11 heteroatoms. The molecule has 7 rings (SSSR count). The first-order valence-electron chi connectivity index (χ1n) is 13.6. The predicted molar refractivity (Wildman–Crippen MR) is 162 cm³/mol. The van der Waals surface area contributed by atoms with Crippen LogP contribution in [0, 0.1) is 6.92 Å². The van der Waals surface area contributed by atoms with E-state index in [2.05, 4.69) is 32.8 Å². The number of aromatic nitrogens is 6. The number of amides is 1. The van der Waals surface area contributed by atoms with Crippen LogP contribution in [0.1, 0.15) is 43.8 Å². The lowest BCUT2D eigenvalue weighted by Gasteiger charge is -2.12. The smallest absolute Gasteiger partial charge is 0.248 e. The number of hydrogen-bond acceptors (Lipinski definition) is 8. The number of imidazole rings is 1. The number of nitrogen functional groups attached to an aromatic ring is 1. The second kappa shape index (κ2) is 11.2. The molecule has 5 N–H and O–H groups in total. The maximum Gasteiger partial charge on any atom is 0.248 e. The highest BCUT2D eigenvalue weighted by Crippen LogP contribution is 2.33. The van der Waals surface area contributed by atoms with Gasteiger partial charge in [-0.05, 0) is 97.5 Å². The Kier molecular flexibility index (Phi) is 7.12. The molecule has 1 aliphatic rings. The summed E-state index contributed by atoms with van der Waals surface area (Å²) in [7, 11) is 0. The van der Waals surface area contributed by atoms with Gasteiger partial charge in [0.05, 0.1) is 17.3 Å². The van der Waals surface area contributed by atoms with Crippen molar-refractivity contribution in [1.82, 2.24) is 29.3 Å². The van der Waals surface area contributed by atoms with Gasteiger partial charge >= 0.3 is 0 Å². The zero-order valence-corrected chi connectivity index (χ0v) is 23.3. The average Bonchev–Trinajstić information content (AvgIpc) is 3.75.